The van der Waals surface area contributed by atoms with E-state index in [2.05, 4.69) is 22.8 Å². The van der Waals surface area contributed by atoms with Crippen molar-refractivity contribution >= 4 is 11.3 Å². The van der Waals surface area contributed by atoms with Crippen LogP contribution in [-0.2, 0) is 6.54 Å². The maximum Gasteiger partial charge on any atom is 0.0587 e. The van der Waals surface area contributed by atoms with Crippen LogP contribution in [0.5, 0.6) is 0 Å². The van der Waals surface area contributed by atoms with E-state index in [1.807, 2.05) is 0 Å². The van der Waals surface area contributed by atoms with Gasteiger partial charge < -0.3 is 10.4 Å². The predicted octanol–water partition coefficient (Wildman–Crippen LogP) is 3.17. The first kappa shape index (κ1) is 13.1. The van der Waals surface area contributed by atoms with Crippen LogP contribution in [0.1, 0.15) is 43.4 Å². The van der Waals surface area contributed by atoms with Crippen molar-refractivity contribution in [2.45, 2.75) is 51.1 Å². The summed E-state index contributed by atoms with van der Waals surface area (Å²) >= 11 is 1.78. The summed E-state index contributed by atoms with van der Waals surface area (Å²) in [6, 6.07) is 4.52. The van der Waals surface area contributed by atoms with Crippen LogP contribution in [-0.4, -0.2) is 17.8 Å². The Bertz CT molecular complexity index is 291. The lowest BCUT2D eigenvalue weighted by Crippen LogP contribution is -2.38. The van der Waals surface area contributed by atoms with Crippen molar-refractivity contribution < 1.29 is 5.11 Å². The van der Waals surface area contributed by atoms with Gasteiger partial charge in [0.1, 0.15) is 0 Å². The number of aliphatic hydroxyl groups excluding tert-OH is 1. The van der Waals surface area contributed by atoms with Gasteiger partial charge in [-0.2, -0.15) is 0 Å². The molecule has 0 spiro atoms. The molecule has 3 heteroatoms. The minimum absolute atomic E-state index is 0.274. The third kappa shape index (κ3) is 4.09. The Labute approximate surface area is 108 Å². The smallest absolute Gasteiger partial charge is 0.0587 e. The summed E-state index contributed by atoms with van der Waals surface area (Å²) in [5, 5.41) is 15.2. The van der Waals surface area contributed by atoms with Crippen LogP contribution in [0.3, 0.4) is 0 Å². The molecular weight excluding hydrogens is 230 g/mol. The number of nitrogens with one attached hydrogen (secondary N) is 1. The fraction of sp³-hybridized carbons (Fsp3) is 0.714. The lowest BCUT2D eigenvalue weighted by atomic mass is 9.92. The van der Waals surface area contributed by atoms with E-state index >= 15 is 0 Å². The highest BCUT2D eigenvalue weighted by Crippen LogP contribution is 2.25. The van der Waals surface area contributed by atoms with E-state index in [4.69, 9.17) is 0 Å². The van der Waals surface area contributed by atoms with Gasteiger partial charge in [-0.15, -0.1) is 11.3 Å². The molecule has 0 amide bonds. The van der Waals surface area contributed by atoms with E-state index in [0.717, 1.165) is 6.54 Å². The summed E-state index contributed by atoms with van der Waals surface area (Å²) in [7, 11) is 0. The minimum atomic E-state index is 0.274. The molecule has 1 aromatic heterocycles. The molecule has 0 radical (unpaired) electrons. The van der Waals surface area contributed by atoms with Gasteiger partial charge in [-0.05, 0) is 30.2 Å². The molecule has 0 aliphatic heterocycles. The largest absolute Gasteiger partial charge is 0.395 e. The lowest BCUT2D eigenvalue weighted by molar-refractivity contribution is 0.186. The van der Waals surface area contributed by atoms with Gasteiger partial charge in [-0.3, -0.25) is 0 Å². The number of aliphatic hydroxyl groups is 1. The normalized spacial score (nSPS) is 20.1. The molecule has 1 saturated carbocycles. The fourth-order valence-corrected chi connectivity index (χ4v) is 3.39. The van der Waals surface area contributed by atoms with E-state index < -0.39 is 0 Å². The quantitative estimate of drug-likeness (QED) is 0.790. The zero-order valence-corrected chi connectivity index (χ0v) is 11.2. The average Bonchev–Trinajstić information content (AvgIpc) is 2.72. The summed E-state index contributed by atoms with van der Waals surface area (Å²) in [6.07, 6.45) is 7.98. The summed E-state index contributed by atoms with van der Waals surface area (Å²) in [4.78, 5) is 1.36. The maximum absolute atomic E-state index is 9.54. The molecule has 96 valence electrons. The predicted molar refractivity (Wildman–Crippen MR) is 73.2 cm³/mol. The molecule has 1 aliphatic carbocycles. The van der Waals surface area contributed by atoms with Crippen LogP contribution in [0, 0.1) is 5.92 Å². The first-order chi connectivity index (χ1) is 8.40. The fourth-order valence-electron chi connectivity index (χ4n) is 2.74. The van der Waals surface area contributed by atoms with Crippen molar-refractivity contribution in [2.24, 2.45) is 5.92 Å². The van der Waals surface area contributed by atoms with E-state index in [1.54, 1.807) is 11.3 Å². The second kappa shape index (κ2) is 7.14. The molecule has 2 nitrogen and oxygen atoms in total. The Morgan fingerprint density at radius 3 is 2.65 bits per heavy atom. The van der Waals surface area contributed by atoms with Crippen molar-refractivity contribution in [3.63, 3.8) is 0 Å². The molecule has 0 bridgehead atoms. The topological polar surface area (TPSA) is 32.3 Å². The van der Waals surface area contributed by atoms with E-state index in [0.29, 0.717) is 5.92 Å². The first-order valence-corrected chi connectivity index (χ1v) is 7.64. The lowest BCUT2D eigenvalue weighted by Gasteiger charge is -2.25. The Kier molecular flexibility index (Phi) is 5.49. The third-order valence-corrected chi connectivity index (χ3v) is 4.66. The highest BCUT2D eigenvalue weighted by molar-refractivity contribution is 7.09. The van der Waals surface area contributed by atoms with Crippen molar-refractivity contribution in [2.75, 3.05) is 6.61 Å². The minimum Gasteiger partial charge on any atom is -0.395 e. The van der Waals surface area contributed by atoms with Crippen molar-refractivity contribution in [3.05, 3.63) is 22.4 Å². The Balaban J connectivity index is 1.82. The zero-order valence-electron chi connectivity index (χ0n) is 10.4. The molecule has 1 heterocycles. The van der Waals surface area contributed by atoms with Gasteiger partial charge in [0.05, 0.1) is 6.61 Å². The molecule has 2 N–H and O–H groups in total. The molecule has 1 unspecified atom stereocenters. The van der Waals surface area contributed by atoms with Gasteiger partial charge in [-0.25, -0.2) is 0 Å². The first-order valence-electron chi connectivity index (χ1n) is 6.77. The van der Waals surface area contributed by atoms with Crippen LogP contribution in [0.2, 0.25) is 0 Å². The number of thiophene rings is 1. The molecule has 1 aliphatic rings. The third-order valence-electron chi connectivity index (χ3n) is 3.78. The molecule has 0 aromatic carbocycles. The summed E-state index contributed by atoms with van der Waals surface area (Å²) in [5.41, 5.74) is 0. The highest BCUT2D eigenvalue weighted by atomic mass is 32.1. The monoisotopic (exact) mass is 253 g/mol. The molecule has 2 rings (SSSR count). The summed E-state index contributed by atoms with van der Waals surface area (Å²) in [6.45, 7) is 1.18. The van der Waals surface area contributed by atoms with E-state index in [1.165, 1.54) is 43.4 Å². The molecular formula is C14H23NOS. The van der Waals surface area contributed by atoms with Crippen molar-refractivity contribution in [3.8, 4) is 0 Å². The summed E-state index contributed by atoms with van der Waals surface area (Å²) < 4.78 is 0. The van der Waals surface area contributed by atoms with E-state index in [9.17, 15) is 5.11 Å². The van der Waals surface area contributed by atoms with Gasteiger partial charge >= 0.3 is 0 Å². The second-order valence-electron chi connectivity index (χ2n) is 5.00. The highest BCUT2D eigenvalue weighted by Gasteiger charge is 2.21. The SMILES string of the molecule is OCC(NCc1cccs1)C1CCCCCC1. The average molecular weight is 253 g/mol. The van der Waals surface area contributed by atoms with E-state index in [-0.39, 0.29) is 12.6 Å². The maximum atomic E-state index is 9.54. The van der Waals surface area contributed by atoms with Crippen LogP contribution >= 0.6 is 11.3 Å². The molecule has 1 fully saturated rings. The van der Waals surface area contributed by atoms with Crippen LogP contribution in [0.4, 0.5) is 0 Å². The van der Waals surface area contributed by atoms with Crippen LogP contribution in [0.25, 0.3) is 0 Å². The summed E-state index contributed by atoms with van der Waals surface area (Å²) in [5.74, 6) is 0.669. The molecule has 17 heavy (non-hydrogen) atoms. The van der Waals surface area contributed by atoms with Gasteiger partial charge in [0, 0.05) is 17.5 Å². The number of hydrogen-bond acceptors (Lipinski definition) is 3. The molecule has 1 atom stereocenters. The number of rotatable bonds is 5. The Morgan fingerprint density at radius 1 is 1.29 bits per heavy atom. The van der Waals surface area contributed by atoms with Gasteiger partial charge in [-0.1, -0.05) is 31.7 Å². The Morgan fingerprint density at radius 2 is 2.06 bits per heavy atom. The van der Waals surface area contributed by atoms with Crippen LogP contribution < -0.4 is 5.32 Å². The standard InChI is InChI=1S/C14H23NOS/c16-11-14(12-6-3-1-2-4-7-12)15-10-13-8-5-9-17-13/h5,8-9,12,14-16H,1-4,6-7,10-11H2. The molecule has 0 saturated heterocycles. The van der Waals surface area contributed by atoms with Gasteiger partial charge in [0.2, 0.25) is 0 Å². The number of hydrogen-bond donors (Lipinski definition) is 2. The van der Waals surface area contributed by atoms with Gasteiger partial charge in [0.25, 0.3) is 0 Å². The van der Waals surface area contributed by atoms with Crippen LogP contribution in [0.15, 0.2) is 17.5 Å². The van der Waals surface area contributed by atoms with Crippen molar-refractivity contribution in [1.29, 1.82) is 0 Å². The Hall–Kier alpha value is -0.380. The van der Waals surface area contributed by atoms with Crippen molar-refractivity contribution in [1.82, 2.24) is 5.32 Å². The van der Waals surface area contributed by atoms with Gasteiger partial charge in [0.15, 0.2) is 0 Å². The second-order valence-corrected chi connectivity index (χ2v) is 6.03. The molecule has 1 aromatic rings. The zero-order chi connectivity index (χ0) is 11.9.